The Morgan fingerprint density at radius 1 is 1.19 bits per heavy atom. The van der Waals surface area contributed by atoms with Gasteiger partial charge in [0.1, 0.15) is 11.9 Å². The molecule has 2 aromatic rings. The van der Waals surface area contributed by atoms with Gasteiger partial charge in [0.2, 0.25) is 0 Å². The highest BCUT2D eigenvalue weighted by atomic mass is 19.1. The maximum Gasteiger partial charge on any atom is 0.357 e. The van der Waals surface area contributed by atoms with E-state index in [1.54, 1.807) is 12.1 Å². The molecule has 1 aliphatic heterocycles. The van der Waals surface area contributed by atoms with Crippen LogP contribution in [0.1, 0.15) is 21.7 Å². The van der Waals surface area contributed by atoms with Crippen LogP contribution < -0.4 is 4.90 Å². The minimum absolute atomic E-state index is 0.0883. The standard InChI is InChI=1S/C18H16F2N4O2/c19-13-9-14(20)17(18(25)26)22-15(13)11-23-5-7-24(8-6-23)16-4-2-1-3-12(16)10-21/h1-4,9H,5-8,11H2,(H,25,26). The Morgan fingerprint density at radius 3 is 2.54 bits per heavy atom. The Kier molecular flexibility index (Phi) is 5.09. The van der Waals surface area contributed by atoms with Gasteiger partial charge in [0.15, 0.2) is 11.5 Å². The molecule has 0 saturated carbocycles. The molecular weight excluding hydrogens is 342 g/mol. The molecule has 1 saturated heterocycles. The highest BCUT2D eigenvalue weighted by Crippen LogP contribution is 2.22. The van der Waals surface area contributed by atoms with E-state index in [-0.39, 0.29) is 12.2 Å². The fourth-order valence-corrected chi connectivity index (χ4v) is 2.97. The van der Waals surface area contributed by atoms with Crippen LogP contribution in [0.2, 0.25) is 0 Å². The summed E-state index contributed by atoms with van der Waals surface area (Å²) in [6.45, 7) is 2.53. The monoisotopic (exact) mass is 358 g/mol. The van der Waals surface area contributed by atoms with Gasteiger partial charge in [-0.3, -0.25) is 4.90 Å². The lowest BCUT2D eigenvalue weighted by molar-refractivity contribution is 0.0684. The number of carboxylic acid groups (broad SMARTS) is 1. The molecule has 0 bridgehead atoms. The van der Waals surface area contributed by atoms with E-state index in [4.69, 9.17) is 5.11 Å². The molecule has 1 aliphatic rings. The molecule has 1 aromatic carbocycles. The van der Waals surface area contributed by atoms with Crippen molar-refractivity contribution in [3.05, 3.63) is 58.9 Å². The van der Waals surface area contributed by atoms with Crippen molar-refractivity contribution in [1.29, 1.82) is 5.26 Å². The van der Waals surface area contributed by atoms with Crippen molar-refractivity contribution in [2.45, 2.75) is 6.54 Å². The summed E-state index contributed by atoms with van der Waals surface area (Å²) in [5.74, 6) is -3.57. The van der Waals surface area contributed by atoms with Crippen molar-refractivity contribution in [3.8, 4) is 6.07 Å². The number of para-hydroxylation sites is 1. The van der Waals surface area contributed by atoms with Gasteiger partial charge in [-0.15, -0.1) is 0 Å². The zero-order chi connectivity index (χ0) is 18.7. The van der Waals surface area contributed by atoms with Crippen LogP contribution in [0.3, 0.4) is 0 Å². The number of aromatic nitrogens is 1. The van der Waals surface area contributed by atoms with Gasteiger partial charge >= 0.3 is 5.97 Å². The van der Waals surface area contributed by atoms with Gasteiger partial charge in [0, 0.05) is 38.8 Å². The fourth-order valence-electron chi connectivity index (χ4n) is 2.97. The van der Waals surface area contributed by atoms with Crippen LogP contribution in [0, 0.1) is 23.0 Å². The summed E-state index contributed by atoms with van der Waals surface area (Å²) in [6, 6.07) is 10.0. The second kappa shape index (κ2) is 7.45. The zero-order valence-corrected chi connectivity index (χ0v) is 13.8. The number of anilines is 1. The molecule has 8 heteroatoms. The summed E-state index contributed by atoms with van der Waals surface area (Å²) in [5.41, 5.74) is 0.588. The Morgan fingerprint density at radius 2 is 1.88 bits per heavy atom. The maximum atomic E-state index is 13.9. The average Bonchev–Trinajstić information content (AvgIpc) is 2.64. The number of carboxylic acids is 1. The summed E-state index contributed by atoms with van der Waals surface area (Å²) in [4.78, 5) is 18.6. The third kappa shape index (κ3) is 3.63. The fraction of sp³-hybridized carbons (Fsp3) is 0.278. The Hall–Kier alpha value is -3.05. The SMILES string of the molecule is N#Cc1ccccc1N1CCN(Cc2nc(C(=O)O)c(F)cc2F)CC1. The van der Waals surface area contributed by atoms with Gasteiger partial charge in [-0.2, -0.15) is 5.26 Å². The first-order valence-corrected chi connectivity index (χ1v) is 8.04. The lowest BCUT2D eigenvalue weighted by Gasteiger charge is -2.36. The van der Waals surface area contributed by atoms with Crippen LogP contribution in [0.5, 0.6) is 0 Å². The number of rotatable bonds is 4. The number of halogens is 2. The van der Waals surface area contributed by atoms with Crippen molar-refractivity contribution in [2.24, 2.45) is 0 Å². The number of nitriles is 1. The molecule has 26 heavy (non-hydrogen) atoms. The van der Waals surface area contributed by atoms with Crippen LogP contribution in [-0.4, -0.2) is 47.1 Å². The first-order chi connectivity index (χ1) is 12.5. The van der Waals surface area contributed by atoms with Crippen molar-refractivity contribution in [2.75, 3.05) is 31.1 Å². The third-order valence-electron chi connectivity index (χ3n) is 4.32. The summed E-state index contributed by atoms with van der Waals surface area (Å²) in [5, 5.41) is 18.1. The van der Waals surface area contributed by atoms with E-state index in [9.17, 15) is 18.8 Å². The van der Waals surface area contributed by atoms with E-state index in [2.05, 4.69) is 16.0 Å². The quantitative estimate of drug-likeness (QED) is 0.903. The highest BCUT2D eigenvalue weighted by molar-refractivity contribution is 5.85. The molecular formula is C18H16F2N4O2. The molecule has 1 fully saturated rings. The molecule has 0 unspecified atom stereocenters. The molecule has 1 aromatic heterocycles. The molecule has 0 atom stereocenters. The first kappa shape index (κ1) is 17.8. The van der Waals surface area contributed by atoms with Crippen LogP contribution in [0.15, 0.2) is 30.3 Å². The summed E-state index contributed by atoms with van der Waals surface area (Å²) >= 11 is 0. The number of carbonyl (C=O) groups is 1. The number of piperazine rings is 1. The average molecular weight is 358 g/mol. The highest BCUT2D eigenvalue weighted by Gasteiger charge is 2.22. The topological polar surface area (TPSA) is 80.5 Å². The number of aromatic carboxylic acids is 1. The second-order valence-electron chi connectivity index (χ2n) is 5.94. The summed E-state index contributed by atoms with van der Waals surface area (Å²) in [7, 11) is 0. The number of hydrogen-bond acceptors (Lipinski definition) is 5. The Balaban J connectivity index is 1.69. The van der Waals surface area contributed by atoms with Crippen molar-refractivity contribution in [1.82, 2.24) is 9.88 Å². The molecule has 0 radical (unpaired) electrons. The van der Waals surface area contributed by atoms with Gasteiger partial charge in [-0.25, -0.2) is 18.6 Å². The van der Waals surface area contributed by atoms with Crippen LogP contribution in [0.4, 0.5) is 14.5 Å². The van der Waals surface area contributed by atoms with Crippen molar-refractivity contribution >= 4 is 11.7 Å². The van der Waals surface area contributed by atoms with Crippen molar-refractivity contribution in [3.63, 3.8) is 0 Å². The molecule has 0 spiro atoms. The maximum absolute atomic E-state index is 13.9. The van der Waals surface area contributed by atoms with Crippen LogP contribution >= 0.6 is 0 Å². The van der Waals surface area contributed by atoms with E-state index < -0.39 is 23.3 Å². The van der Waals surface area contributed by atoms with E-state index in [0.29, 0.717) is 37.8 Å². The van der Waals surface area contributed by atoms with Gasteiger partial charge in [0.25, 0.3) is 0 Å². The van der Waals surface area contributed by atoms with E-state index >= 15 is 0 Å². The third-order valence-corrected chi connectivity index (χ3v) is 4.32. The molecule has 2 heterocycles. The van der Waals surface area contributed by atoms with Gasteiger partial charge in [0.05, 0.1) is 16.9 Å². The first-order valence-electron chi connectivity index (χ1n) is 8.04. The van der Waals surface area contributed by atoms with Crippen LogP contribution in [0.25, 0.3) is 0 Å². The summed E-state index contributed by atoms with van der Waals surface area (Å²) < 4.78 is 27.4. The lowest BCUT2D eigenvalue weighted by atomic mass is 10.1. The largest absolute Gasteiger partial charge is 0.476 e. The van der Waals surface area contributed by atoms with E-state index in [1.165, 1.54) is 0 Å². The molecule has 0 aliphatic carbocycles. The Bertz CT molecular complexity index is 874. The van der Waals surface area contributed by atoms with E-state index in [0.717, 1.165) is 5.69 Å². The number of hydrogen-bond donors (Lipinski definition) is 1. The predicted molar refractivity (Wildman–Crippen MR) is 89.8 cm³/mol. The second-order valence-corrected chi connectivity index (χ2v) is 5.94. The number of nitrogens with zero attached hydrogens (tertiary/aromatic N) is 4. The molecule has 6 nitrogen and oxygen atoms in total. The number of pyridine rings is 1. The molecule has 134 valence electrons. The smallest absolute Gasteiger partial charge is 0.357 e. The Labute approximate surface area is 148 Å². The van der Waals surface area contributed by atoms with E-state index in [1.807, 2.05) is 17.0 Å². The number of benzene rings is 1. The molecule has 3 rings (SSSR count). The minimum atomic E-state index is -1.53. The van der Waals surface area contributed by atoms with Gasteiger partial charge < -0.3 is 10.0 Å². The van der Waals surface area contributed by atoms with Crippen LogP contribution in [-0.2, 0) is 6.54 Å². The predicted octanol–water partition coefficient (Wildman–Crippen LogP) is 2.25. The zero-order valence-electron chi connectivity index (χ0n) is 13.8. The van der Waals surface area contributed by atoms with Gasteiger partial charge in [-0.05, 0) is 12.1 Å². The lowest BCUT2D eigenvalue weighted by Crippen LogP contribution is -2.46. The molecule has 1 N–H and O–H groups in total. The minimum Gasteiger partial charge on any atom is -0.476 e. The summed E-state index contributed by atoms with van der Waals surface area (Å²) in [6.07, 6.45) is 0. The molecule has 0 amide bonds. The van der Waals surface area contributed by atoms with Crippen molar-refractivity contribution < 1.29 is 18.7 Å². The van der Waals surface area contributed by atoms with Gasteiger partial charge in [-0.1, -0.05) is 12.1 Å². The normalized spacial score (nSPS) is 14.9.